The topological polar surface area (TPSA) is 92.7 Å². The number of carbonyl (C=O) groups excluding carboxylic acids is 2. The van der Waals surface area contributed by atoms with E-state index in [1.165, 1.54) is 32.1 Å². The normalized spacial score (nSPS) is 12.8. The summed E-state index contributed by atoms with van der Waals surface area (Å²) in [6, 6.07) is 0. The third-order valence-electron chi connectivity index (χ3n) is 7.18. The Bertz CT molecular complexity index is 855. The molecule has 0 fully saturated rings. The molecular formula is C38H63NO5. The van der Waals surface area contributed by atoms with Crippen LogP contribution in [0.15, 0.2) is 60.8 Å². The van der Waals surface area contributed by atoms with Gasteiger partial charge in [-0.2, -0.15) is 0 Å². The highest BCUT2D eigenvalue weighted by atomic mass is 16.5. The van der Waals surface area contributed by atoms with Crippen molar-refractivity contribution in [3.05, 3.63) is 60.8 Å². The maximum atomic E-state index is 12.3. The number of carboxylic acids is 1. The summed E-state index contributed by atoms with van der Waals surface area (Å²) in [5, 5.41) is 11.0. The van der Waals surface area contributed by atoms with Crippen LogP contribution in [0.5, 0.6) is 0 Å². The van der Waals surface area contributed by atoms with Crippen LogP contribution in [0.1, 0.15) is 149 Å². The highest BCUT2D eigenvalue weighted by Gasteiger charge is 2.13. The first-order valence-corrected chi connectivity index (χ1v) is 17.4. The van der Waals surface area contributed by atoms with Gasteiger partial charge in [-0.15, -0.1) is 0 Å². The van der Waals surface area contributed by atoms with Gasteiger partial charge in [0.2, 0.25) is 5.91 Å². The Hall–Kier alpha value is -2.89. The van der Waals surface area contributed by atoms with E-state index in [4.69, 9.17) is 9.84 Å². The lowest BCUT2D eigenvalue weighted by atomic mass is 10.0. The maximum Gasteiger partial charge on any atom is 0.322 e. The van der Waals surface area contributed by atoms with Gasteiger partial charge in [0.1, 0.15) is 12.6 Å². The van der Waals surface area contributed by atoms with Gasteiger partial charge >= 0.3 is 11.9 Å². The van der Waals surface area contributed by atoms with Crippen LogP contribution in [0.4, 0.5) is 0 Å². The van der Waals surface area contributed by atoms with Crippen molar-refractivity contribution in [1.29, 1.82) is 0 Å². The van der Waals surface area contributed by atoms with Gasteiger partial charge in [-0.05, 0) is 77.0 Å². The van der Waals surface area contributed by atoms with Gasteiger partial charge in [0, 0.05) is 12.8 Å². The molecule has 0 aliphatic rings. The Morgan fingerprint density at radius 2 is 1.11 bits per heavy atom. The summed E-state index contributed by atoms with van der Waals surface area (Å²) in [5.41, 5.74) is 0. The fourth-order valence-corrected chi connectivity index (χ4v) is 4.71. The fraction of sp³-hybridized carbons (Fsp3) is 0.658. The molecule has 0 rings (SSSR count). The highest BCUT2D eigenvalue weighted by molar-refractivity contribution is 5.80. The average molecular weight is 614 g/mol. The van der Waals surface area contributed by atoms with Gasteiger partial charge in [-0.1, -0.05) is 120 Å². The molecule has 0 spiro atoms. The lowest BCUT2D eigenvalue weighted by Gasteiger charge is -2.17. The quantitative estimate of drug-likeness (QED) is 0.0478. The van der Waals surface area contributed by atoms with E-state index in [-0.39, 0.29) is 24.5 Å². The minimum absolute atomic E-state index is 0.0451. The third-order valence-corrected chi connectivity index (χ3v) is 7.18. The molecule has 0 aliphatic heterocycles. The summed E-state index contributed by atoms with van der Waals surface area (Å²) in [6.07, 6.45) is 42.7. The van der Waals surface area contributed by atoms with Gasteiger partial charge < -0.3 is 15.2 Å². The molecule has 0 aromatic carbocycles. The van der Waals surface area contributed by atoms with E-state index >= 15 is 0 Å². The Labute approximate surface area is 269 Å². The lowest BCUT2D eigenvalue weighted by molar-refractivity contribution is -0.150. The minimum atomic E-state index is -1.04. The van der Waals surface area contributed by atoms with Crippen LogP contribution in [-0.2, 0) is 19.1 Å². The predicted octanol–water partition coefficient (Wildman–Crippen LogP) is 10.1. The van der Waals surface area contributed by atoms with Crippen molar-refractivity contribution in [2.45, 2.75) is 155 Å². The summed E-state index contributed by atoms with van der Waals surface area (Å²) in [5.74, 6) is -1.36. The molecule has 0 radical (unpaired) electrons. The van der Waals surface area contributed by atoms with Crippen molar-refractivity contribution in [1.82, 2.24) is 5.32 Å². The number of carbonyl (C=O) groups is 3. The molecule has 0 bridgehead atoms. The van der Waals surface area contributed by atoms with Gasteiger partial charge in [0.25, 0.3) is 0 Å². The number of hydrogen-bond donors (Lipinski definition) is 2. The number of nitrogens with one attached hydrogen (secondary N) is 1. The largest absolute Gasteiger partial charge is 0.480 e. The average Bonchev–Trinajstić information content (AvgIpc) is 3.00. The van der Waals surface area contributed by atoms with Crippen LogP contribution in [0.3, 0.4) is 0 Å². The molecule has 0 heterocycles. The highest BCUT2D eigenvalue weighted by Crippen LogP contribution is 2.16. The van der Waals surface area contributed by atoms with E-state index in [1.54, 1.807) is 0 Å². The number of esters is 1. The second-order valence-electron chi connectivity index (χ2n) is 11.4. The minimum Gasteiger partial charge on any atom is -0.480 e. The molecule has 0 saturated carbocycles. The first kappa shape index (κ1) is 41.1. The predicted molar refractivity (Wildman–Crippen MR) is 185 cm³/mol. The zero-order valence-corrected chi connectivity index (χ0v) is 28.0. The molecule has 6 heteroatoms. The van der Waals surface area contributed by atoms with E-state index in [2.05, 4.69) is 79.9 Å². The maximum absolute atomic E-state index is 12.3. The molecule has 2 N–H and O–H groups in total. The number of hydrogen-bond acceptors (Lipinski definition) is 4. The van der Waals surface area contributed by atoms with Gasteiger partial charge in [0.15, 0.2) is 0 Å². The fourth-order valence-electron chi connectivity index (χ4n) is 4.71. The molecule has 1 amide bonds. The Balaban J connectivity index is 3.66. The number of carboxylic acid groups (broad SMARTS) is 1. The molecule has 250 valence electrons. The van der Waals surface area contributed by atoms with E-state index in [1.807, 2.05) is 0 Å². The van der Waals surface area contributed by atoms with Crippen molar-refractivity contribution < 1.29 is 24.2 Å². The Morgan fingerprint density at radius 3 is 1.68 bits per heavy atom. The monoisotopic (exact) mass is 613 g/mol. The second kappa shape index (κ2) is 33.0. The van der Waals surface area contributed by atoms with Crippen LogP contribution < -0.4 is 5.32 Å². The van der Waals surface area contributed by atoms with Crippen molar-refractivity contribution in [3.63, 3.8) is 0 Å². The van der Waals surface area contributed by atoms with Crippen LogP contribution in [0.25, 0.3) is 0 Å². The SMILES string of the molecule is CC/C=C\C/C=C\C/C=C\C/C=C\C/C=C\CCCCCCCCCC(=O)OC(CCC)CCCCCC(=O)NCC(=O)O. The summed E-state index contributed by atoms with van der Waals surface area (Å²) in [4.78, 5) is 34.4. The number of aliphatic carboxylic acids is 1. The van der Waals surface area contributed by atoms with Gasteiger partial charge in [0.05, 0.1) is 0 Å². The van der Waals surface area contributed by atoms with Gasteiger partial charge in [-0.3, -0.25) is 14.4 Å². The van der Waals surface area contributed by atoms with Crippen molar-refractivity contribution >= 4 is 17.8 Å². The molecule has 0 aromatic heterocycles. The number of rotatable bonds is 30. The van der Waals surface area contributed by atoms with E-state index in [0.717, 1.165) is 83.5 Å². The standard InChI is InChI=1S/C38H63NO5/c1-3-5-6-7-8-9-10-11-12-13-14-15-16-17-18-19-20-21-22-23-24-25-29-33-38(43)44-35(30-4-2)31-27-26-28-32-36(40)39-34-37(41)42/h5-6,8-9,11-12,14-15,17-18,35H,3-4,7,10,13,16,19-34H2,1-2H3,(H,39,40)(H,41,42)/b6-5-,9-8-,12-11-,15-14-,18-17-. The first-order valence-electron chi connectivity index (χ1n) is 17.4. The van der Waals surface area contributed by atoms with E-state index < -0.39 is 5.97 Å². The number of amides is 1. The molecule has 1 atom stereocenters. The van der Waals surface area contributed by atoms with Gasteiger partial charge in [-0.25, -0.2) is 0 Å². The smallest absolute Gasteiger partial charge is 0.322 e. The number of unbranched alkanes of at least 4 members (excludes halogenated alkanes) is 9. The zero-order valence-electron chi connectivity index (χ0n) is 28.0. The summed E-state index contributed by atoms with van der Waals surface area (Å²) >= 11 is 0. The zero-order chi connectivity index (χ0) is 32.4. The third kappa shape index (κ3) is 32.0. The van der Waals surface area contributed by atoms with Crippen LogP contribution in [0, 0.1) is 0 Å². The summed E-state index contributed by atoms with van der Waals surface area (Å²) in [7, 11) is 0. The van der Waals surface area contributed by atoms with Crippen molar-refractivity contribution in [2.24, 2.45) is 0 Å². The molecular weight excluding hydrogens is 550 g/mol. The van der Waals surface area contributed by atoms with Crippen molar-refractivity contribution in [2.75, 3.05) is 6.54 Å². The summed E-state index contributed by atoms with van der Waals surface area (Å²) in [6.45, 7) is 3.92. The van der Waals surface area contributed by atoms with Crippen molar-refractivity contribution in [3.8, 4) is 0 Å². The second-order valence-corrected chi connectivity index (χ2v) is 11.4. The Morgan fingerprint density at radius 1 is 0.614 bits per heavy atom. The molecule has 0 aromatic rings. The van der Waals surface area contributed by atoms with Crippen LogP contribution in [-0.4, -0.2) is 35.6 Å². The number of ether oxygens (including phenoxy) is 1. The molecule has 0 aliphatic carbocycles. The molecule has 6 nitrogen and oxygen atoms in total. The molecule has 44 heavy (non-hydrogen) atoms. The van der Waals surface area contributed by atoms with E-state index in [9.17, 15) is 14.4 Å². The first-order chi connectivity index (χ1) is 21.5. The van der Waals surface area contributed by atoms with E-state index in [0.29, 0.717) is 19.3 Å². The lowest BCUT2D eigenvalue weighted by Crippen LogP contribution is -2.28. The van der Waals surface area contributed by atoms with Crippen LogP contribution >= 0.6 is 0 Å². The van der Waals surface area contributed by atoms with Crippen LogP contribution in [0.2, 0.25) is 0 Å². The summed E-state index contributed by atoms with van der Waals surface area (Å²) < 4.78 is 5.73. The Kier molecular flexibility index (Phi) is 30.8. The molecule has 0 saturated heterocycles. The molecule has 1 unspecified atom stereocenters. The number of allylic oxidation sites excluding steroid dienone is 10.